The molecule has 0 heterocycles. The van der Waals surface area contributed by atoms with Crippen LogP contribution in [0.5, 0.6) is 0 Å². The predicted molar refractivity (Wildman–Crippen MR) is 89.0 cm³/mol. The van der Waals surface area contributed by atoms with Crippen LogP contribution in [0.25, 0.3) is 6.08 Å². The first kappa shape index (κ1) is 17.5. The molecule has 1 aromatic carbocycles. The highest BCUT2D eigenvalue weighted by molar-refractivity contribution is 5.66. The van der Waals surface area contributed by atoms with Crippen LogP contribution >= 0.6 is 0 Å². The molecule has 1 rings (SSSR count). The fourth-order valence-electron chi connectivity index (χ4n) is 2.32. The van der Waals surface area contributed by atoms with E-state index in [2.05, 4.69) is 6.92 Å². The maximum absolute atomic E-state index is 11.2. The Hall–Kier alpha value is -1.57. The molecule has 0 amide bonds. The van der Waals surface area contributed by atoms with Crippen LogP contribution in [0.3, 0.4) is 0 Å². The van der Waals surface area contributed by atoms with Crippen molar-refractivity contribution in [3.8, 4) is 0 Å². The van der Waals surface area contributed by atoms with E-state index in [4.69, 9.17) is 4.74 Å². The van der Waals surface area contributed by atoms with E-state index in [1.165, 1.54) is 39.0 Å². The number of carbonyl (C=O) groups excluding carboxylic acids is 1. The topological polar surface area (TPSA) is 26.3 Å². The maximum Gasteiger partial charge on any atom is 0.303 e. The third-order valence-corrected chi connectivity index (χ3v) is 3.46. The zero-order valence-electron chi connectivity index (χ0n) is 13.4. The number of hydrogen-bond acceptors (Lipinski definition) is 2. The van der Waals surface area contributed by atoms with E-state index in [0.29, 0.717) is 0 Å². The van der Waals surface area contributed by atoms with Gasteiger partial charge in [-0.15, -0.1) is 0 Å². The van der Waals surface area contributed by atoms with E-state index < -0.39 is 0 Å². The fourth-order valence-corrected chi connectivity index (χ4v) is 2.32. The second kappa shape index (κ2) is 11.1. The van der Waals surface area contributed by atoms with Gasteiger partial charge in [0.2, 0.25) is 0 Å². The summed E-state index contributed by atoms with van der Waals surface area (Å²) in [6.07, 6.45) is 12.4. The smallest absolute Gasteiger partial charge is 0.303 e. The van der Waals surface area contributed by atoms with Gasteiger partial charge < -0.3 is 4.74 Å². The number of hydrogen-bond donors (Lipinski definition) is 0. The van der Waals surface area contributed by atoms with Crippen LogP contribution in [0, 0.1) is 0 Å². The monoisotopic (exact) mass is 288 g/mol. The minimum absolute atomic E-state index is 0.103. The number of esters is 1. The lowest BCUT2D eigenvalue weighted by atomic mass is 10.1. The molecule has 0 bridgehead atoms. The molecule has 0 spiro atoms. The number of rotatable bonds is 10. The van der Waals surface area contributed by atoms with Crippen molar-refractivity contribution >= 4 is 12.0 Å². The minimum Gasteiger partial charge on any atom is -0.458 e. The van der Waals surface area contributed by atoms with Gasteiger partial charge in [0.15, 0.2) is 0 Å². The van der Waals surface area contributed by atoms with Crippen molar-refractivity contribution in [1.29, 1.82) is 0 Å². The molecule has 0 radical (unpaired) electrons. The van der Waals surface area contributed by atoms with Crippen LogP contribution in [0.1, 0.15) is 64.4 Å². The van der Waals surface area contributed by atoms with Crippen molar-refractivity contribution in [3.05, 3.63) is 42.0 Å². The van der Waals surface area contributed by atoms with Gasteiger partial charge in [-0.3, -0.25) is 4.79 Å². The van der Waals surface area contributed by atoms with Crippen LogP contribution in [0.15, 0.2) is 36.4 Å². The molecule has 0 fully saturated rings. The molecule has 1 aromatic rings. The van der Waals surface area contributed by atoms with Gasteiger partial charge in [-0.2, -0.15) is 0 Å². The van der Waals surface area contributed by atoms with Crippen LogP contribution in [0.2, 0.25) is 0 Å². The number of carbonyl (C=O) groups is 1. The zero-order valence-corrected chi connectivity index (χ0v) is 13.4. The molecule has 2 heteroatoms. The Morgan fingerprint density at radius 1 is 1.10 bits per heavy atom. The molecule has 0 aliphatic heterocycles. The number of unbranched alkanes of at least 4 members (excludes halogenated alkanes) is 5. The summed E-state index contributed by atoms with van der Waals surface area (Å²) < 4.78 is 5.37. The summed E-state index contributed by atoms with van der Waals surface area (Å²) in [7, 11) is 0. The molecule has 0 aliphatic rings. The molecule has 0 N–H and O–H groups in total. The number of benzene rings is 1. The average molecular weight is 288 g/mol. The SMILES string of the molecule is CCCCCCCCC(/C=C/c1ccccc1)OC(C)=O. The Morgan fingerprint density at radius 2 is 1.76 bits per heavy atom. The Kier molecular flexibility index (Phi) is 9.26. The van der Waals surface area contributed by atoms with Crippen molar-refractivity contribution in [1.82, 2.24) is 0 Å². The van der Waals surface area contributed by atoms with Crippen molar-refractivity contribution in [2.45, 2.75) is 64.9 Å². The third-order valence-electron chi connectivity index (χ3n) is 3.46. The molecule has 116 valence electrons. The van der Waals surface area contributed by atoms with Gasteiger partial charge in [0.25, 0.3) is 0 Å². The Balaban J connectivity index is 2.37. The maximum atomic E-state index is 11.2. The summed E-state index contributed by atoms with van der Waals surface area (Å²) in [6.45, 7) is 3.70. The highest BCUT2D eigenvalue weighted by Gasteiger charge is 2.07. The highest BCUT2D eigenvalue weighted by Crippen LogP contribution is 2.13. The van der Waals surface area contributed by atoms with Crippen molar-refractivity contribution in [2.75, 3.05) is 0 Å². The quantitative estimate of drug-likeness (QED) is 0.426. The summed E-state index contributed by atoms with van der Waals surface area (Å²) in [5, 5.41) is 0. The molecule has 2 nitrogen and oxygen atoms in total. The van der Waals surface area contributed by atoms with Crippen molar-refractivity contribution < 1.29 is 9.53 Å². The molecular formula is C19H28O2. The summed E-state index contributed by atoms with van der Waals surface area (Å²) in [5.41, 5.74) is 1.14. The van der Waals surface area contributed by atoms with Gasteiger partial charge in [0.05, 0.1) is 0 Å². The Morgan fingerprint density at radius 3 is 2.43 bits per heavy atom. The van der Waals surface area contributed by atoms with E-state index in [1.807, 2.05) is 42.5 Å². The van der Waals surface area contributed by atoms with Crippen LogP contribution in [0.4, 0.5) is 0 Å². The van der Waals surface area contributed by atoms with Crippen LogP contribution in [-0.2, 0) is 9.53 Å². The summed E-state index contributed by atoms with van der Waals surface area (Å²) >= 11 is 0. The first-order chi connectivity index (χ1) is 10.2. The van der Waals surface area contributed by atoms with Crippen LogP contribution < -0.4 is 0 Å². The molecule has 0 saturated carbocycles. The fraction of sp³-hybridized carbons (Fsp3) is 0.526. The largest absolute Gasteiger partial charge is 0.458 e. The molecule has 1 atom stereocenters. The Bertz CT molecular complexity index is 409. The van der Waals surface area contributed by atoms with E-state index in [1.54, 1.807) is 0 Å². The normalized spacial score (nSPS) is 12.5. The van der Waals surface area contributed by atoms with E-state index in [0.717, 1.165) is 18.4 Å². The Labute approximate surface area is 129 Å². The lowest BCUT2D eigenvalue weighted by Gasteiger charge is -2.13. The van der Waals surface area contributed by atoms with Gasteiger partial charge in [-0.05, 0) is 24.5 Å². The van der Waals surface area contributed by atoms with Crippen molar-refractivity contribution in [2.24, 2.45) is 0 Å². The van der Waals surface area contributed by atoms with Gasteiger partial charge in [0.1, 0.15) is 6.10 Å². The van der Waals surface area contributed by atoms with E-state index in [9.17, 15) is 4.79 Å². The molecule has 0 saturated heterocycles. The predicted octanol–water partition coefficient (Wildman–Crippen LogP) is 5.38. The van der Waals surface area contributed by atoms with Crippen LogP contribution in [-0.4, -0.2) is 12.1 Å². The zero-order chi connectivity index (χ0) is 15.3. The van der Waals surface area contributed by atoms with Crippen molar-refractivity contribution in [3.63, 3.8) is 0 Å². The molecule has 21 heavy (non-hydrogen) atoms. The first-order valence-electron chi connectivity index (χ1n) is 8.13. The van der Waals surface area contributed by atoms with Gasteiger partial charge in [-0.25, -0.2) is 0 Å². The average Bonchev–Trinajstić information content (AvgIpc) is 2.48. The molecule has 0 aliphatic carbocycles. The van der Waals surface area contributed by atoms with Gasteiger partial charge >= 0.3 is 5.97 Å². The standard InChI is InChI=1S/C19H28O2/c1-3-4-5-6-7-11-14-19(21-17(2)20)16-15-18-12-9-8-10-13-18/h8-10,12-13,15-16,19H,3-7,11,14H2,1-2H3/b16-15+. The van der Waals surface area contributed by atoms with E-state index in [-0.39, 0.29) is 12.1 Å². The minimum atomic E-state index is -0.205. The second-order valence-corrected chi connectivity index (χ2v) is 5.47. The number of ether oxygens (including phenoxy) is 1. The molecular weight excluding hydrogens is 260 g/mol. The first-order valence-corrected chi connectivity index (χ1v) is 8.13. The summed E-state index contributed by atoms with van der Waals surface area (Å²) in [5.74, 6) is -0.205. The second-order valence-electron chi connectivity index (χ2n) is 5.47. The van der Waals surface area contributed by atoms with Gasteiger partial charge in [-0.1, -0.05) is 75.4 Å². The summed E-state index contributed by atoms with van der Waals surface area (Å²) in [6, 6.07) is 10.1. The molecule has 0 aromatic heterocycles. The summed E-state index contributed by atoms with van der Waals surface area (Å²) in [4.78, 5) is 11.2. The molecule has 1 unspecified atom stereocenters. The highest BCUT2D eigenvalue weighted by atomic mass is 16.5. The lowest BCUT2D eigenvalue weighted by molar-refractivity contribution is -0.144. The lowest BCUT2D eigenvalue weighted by Crippen LogP contribution is -2.13. The third kappa shape index (κ3) is 9.06. The van der Waals surface area contributed by atoms with E-state index >= 15 is 0 Å². The van der Waals surface area contributed by atoms with Gasteiger partial charge in [0, 0.05) is 6.92 Å².